The SMILES string of the molecule is Cc1c(CS(C)(=O)=O)cccc1NC(=O)C(C)C(N)c1ccccc1. The van der Waals surface area contributed by atoms with Crippen molar-refractivity contribution in [1.29, 1.82) is 0 Å². The molecule has 0 aliphatic rings. The van der Waals surface area contributed by atoms with Crippen LogP contribution in [-0.4, -0.2) is 20.6 Å². The molecule has 2 rings (SSSR count). The highest BCUT2D eigenvalue weighted by Gasteiger charge is 2.23. The first-order chi connectivity index (χ1) is 11.7. The van der Waals surface area contributed by atoms with Crippen molar-refractivity contribution in [2.24, 2.45) is 11.7 Å². The molecule has 134 valence electrons. The smallest absolute Gasteiger partial charge is 0.229 e. The van der Waals surface area contributed by atoms with Gasteiger partial charge in [-0.2, -0.15) is 0 Å². The summed E-state index contributed by atoms with van der Waals surface area (Å²) in [5.41, 5.74) is 9.14. The summed E-state index contributed by atoms with van der Waals surface area (Å²) in [6.07, 6.45) is 1.19. The van der Waals surface area contributed by atoms with E-state index in [4.69, 9.17) is 5.73 Å². The molecule has 0 spiro atoms. The Morgan fingerprint density at radius 1 is 1.12 bits per heavy atom. The van der Waals surface area contributed by atoms with E-state index < -0.39 is 21.8 Å². The molecule has 0 radical (unpaired) electrons. The number of hydrogen-bond acceptors (Lipinski definition) is 4. The van der Waals surface area contributed by atoms with Crippen LogP contribution in [-0.2, 0) is 20.4 Å². The number of benzene rings is 2. The number of hydrogen-bond donors (Lipinski definition) is 2. The van der Waals surface area contributed by atoms with Gasteiger partial charge in [-0.1, -0.05) is 49.4 Å². The summed E-state index contributed by atoms with van der Waals surface area (Å²) in [5.74, 6) is -0.682. The topological polar surface area (TPSA) is 89.3 Å². The van der Waals surface area contributed by atoms with Gasteiger partial charge in [-0.15, -0.1) is 0 Å². The van der Waals surface area contributed by atoms with Crippen molar-refractivity contribution in [1.82, 2.24) is 0 Å². The maximum absolute atomic E-state index is 12.6. The van der Waals surface area contributed by atoms with Gasteiger partial charge in [0.05, 0.1) is 11.7 Å². The van der Waals surface area contributed by atoms with Crippen molar-refractivity contribution in [3.05, 3.63) is 65.2 Å². The molecule has 2 atom stereocenters. The van der Waals surface area contributed by atoms with Crippen molar-refractivity contribution in [3.63, 3.8) is 0 Å². The first kappa shape index (κ1) is 19.1. The van der Waals surface area contributed by atoms with Crippen LogP contribution in [0.1, 0.15) is 29.7 Å². The number of rotatable bonds is 6. The first-order valence-electron chi connectivity index (χ1n) is 8.06. The van der Waals surface area contributed by atoms with Crippen LogP contribution in [0.3, 0.4) is 0 Å². The lowest BCUT2D eigenvalue weighted by Crippen LogP contribution is -2.30. The third-order valence-electron chi connectivity index (χ3n) is 4.26. The molecular weight excluding hydrogens is 336 g/mol. The Morgan fingerprint density at radius 3 is 2.36 bits per heavy atom. The molecule has 2 unspecified atom stereocenters. The Balaban J connectivity index is 2.16. The number of nitrogens with two attached hydrogens (primary N) is 1. The van der Waals surface area contributed by atoms with Gasteiger partial charge in [0.1, 0.15) is 0 Å². The molecule has 0 aromatic heterocycles. The summed E-state index contributed by atoms with van der Waals surface area (Å²) >= 11 is 0. The number of sulfone groups is 1. The number of carbonyl (C=O) groups excluding carboxylic acids is 1. The molecule has 0 bridgehead atoms. The first-order valence-corrected chi connectivity index (χ1v) is 10.1. The zero-order valence-electron chi connectivity index (χ0n) is 14.7. The highest BCUT2D eigenvalue weighted by atomic mass is 32.2. The fraction of sp³-hybridized carbons (Fsp3) is 0.316. The molecule has 2 aromatic rings. The minimum atomic E-state index is -3.14. The summed E-state index contributed by atoms with van der Waals surface area (Å²) in [6.45, 7) is 3.58. The van der Waals surface area contributed by atoms with Crippen LogP contribution in [0, 0.1) is 12.8 Å². The standard InChI is InChI=1S/C19H24N2O3S/c1-13-16(12-25(3,23)24)10-7-11-17(13)21-19(22)14(2)18(20)15-8-5-4-6-9-15/h4-11,14,18H,12,20H2,1-3H3,(H,21,22). The van der Waals surface area contributed by atoms with Crippen molar-refractivity contribution in [2.45, 2.75) is 25.6 Å². The van der Waals surface area contributed by atoms with E-state index >= 15 is 0 Å². The molecular formula is C19H24N2O3S. The van der Waals surface area contributed by atoms with E-state index in [1.54, 1.807) is 32.0 Å². The lowest BCUT2D eigenvalue weighted by atomic mass is 9.94. The van der Waals surface area contributed by atoms with Gasteiger partial charge in [-0.05, 0) is 29.7 Å². The molecule has 6 heteroatoms. The predicted molar refractivity (Wildman–Crippen MR) is 101 cm³/mol. The quantitative estimate of drug-likeness (QED) is 0.829. The van der Waals surface area contributed by atoms with E-state index in [0.29, 0.717) is 11.3 Å². The summed E-state index contributed by atoms with van der Waals surface area (Å²) in [5, 5.41) is 2.87. The zero-order valence-corrected chi connectivity index (χ0v) is 15.5. The second-order valence-electron chi connectivity index (χ2n) is 6.37. The summed E-state index contributed by atoms with van der Waals surface area (Å²) in [6, 6.07) is 14.3. The van der Waals surface area contributed by atoms with E-state index in [1.165, 1.54) is 6.26 Å². The third-order valence-corrected chi connectivity index (χ3v) is 5.09. The van der Waals surface area contributed by atoms with E-state index in [2.05, 4.69) is 5.32 Å². The Morgan fingerprint density at radius 2 is 1.76 bits per heavy atom. The maximum atomic E-state index is 12.6. The fourth-order valence-corrected chi connectivity index (χ4v) is 3.51. The van der Waals surface area contributed by atoms with Gasteiger partial charge in [0.2, 0.25) is 5.91 Å². The summed E-state index contributed by atoms with van der Waals surface area (Å²) in [4.78, 5) is 12.6. The normalized spacial score (nSPS) is 13.9. The molecule has 5 nitrogen and oxygen atoms in total. The monoisotopic (exact) mass is 360 g/mol. The lowest BCUT2D eigenvalue weighted by molar-refractivity contribution is -0.120. The Bertz CT molecular complexity index is 848. The lowest BCUT2D eigenvalue weighted by Gasteiger charge is -2.21. The molecule has 0 saturated carbocycles. The number of carbonyl (C=O) groups is 1. The van der Waals surface area contributed by atoms with Crippen LogP contribution in [0.15, 0.2) is 48.5 Å². The van der Waals surface area contributed by atoms with Crippen LogP contribution in [0.25, 0.3) is 0 Å². The Hall–Kier alpha value is -2.18. The number of amides is 1. The van der Waals surface area contributed by atoms with Gasteiger partial charge in [0.25, 0.3) is 0 Å². The molecule has 0 aliphatic carbocycles. The average molecular weight is 360 g/mol. The number of nitrogens with one attached hydrogen (secondary N) is 1. The third kappa shape index (κ3) is 5.14. The van der Waals surface area contributed by atoms with E-state index in [1.807, 2.05) is 30.3 Å². The Kier molecular flexibility index (Phi) is 5.98. The maximum Gasteiger partial charge on any atom is 0.229 e. The van der Waals surface area contributed by atoms with Gasteiger partial charge in [0, 0.05) is 18.0 Å². The number of anilines is 1. The largest absolute Gasteiger partial charge is 0.326 e. The van der Waals surface area contributed by atoms with Crippen LogP contribution < -0.4 is 11.1 Å². The van der Waals surface area contributed by atoms with Crippen LogP contribution in [0.2, 0.25) is 0 Å². The van der Waals surface area contributed by atoms with Gasteiger partial charge >= 0.3 is 0 Å². The molecule has 3 N–H and O–H groups in total. The van der Waals surface area contributed by atoms with Crippen LogP contribution in [0.4, 0.5) is 5.69 Å². The summed E-state index contributed by atoms with van der Waals surface area (Å²) in [7, 11) is -3.14. The Labute approximate surface area is 149 Å². The molecule has 0 fully saturated rings. The predicted octanol–water partition coefficient (Wildman–Crippen LogP) is 2.81. The molecule has 25 heavy (non-hydrogen) atoms. The van der Waals surface area contributed by atoms with Crippen molar-refractivity contribution in [2.75, 3.05) is 11.6 Å². The molecule has 0 heterocycles. The van der Waals surface area contributed by atoms with E-state index in [0.717, 1.165) is 11.1 Å². The van der Waals surface area contributed by atoms with Crippen molar-refractivity contribution < 1.29 is 13.2 Å². The van der Waals surface area contributed by atoms with Gasteiger partial charge in [-0.25, -0.2) is 8.42 Å². The van der Waals surface area contributed by atoms with Gasteiger partial charge in [-0.3, -0.25) is 4.79 Å². The minimum Gasteiger partial charge on any atom is -0.326 e. The molecule has 1 amide bonds. The fourth-order valence-electron chi connectivity index (χ4n) is 2.63. The second kappa shape index (κ2) is 7.80. The minimum absolute atomic E-state index is 0.0539. The highest BCUT2D eigenvalue weighted by Crippen LogP contribution is 2.24. The average Bonchev–Trinajstić information content (AvgIpc) is 2.56. The second-order valence-corrected chi connectivity index (χ2v) is 8.51. The molecule has 0 aliphatic heterocycles. The van der Waals surface area contributed by atoms with E-state index in [-0.39, 0.29) is 11.7 Å². The molecule has 0 saturated heterocycles. The zero-order chi connectivity index (χ0) is 18.6. The van der Waals surface area contributed by atoms with E-state index in [9.17, 15) is 13.2 Å². The van der Waals surface area contributed by atoms with Crippen molar-refractivity contribution in [3.8, 4) is 0 Å². The van der Waals surface area contributed by atoms with Crippen molar-refractivity contribution >= 4 is 21.4 Å². The highest BCUT2D eigenvalue weighted by molar-refractivity contribution is 7.89. The van der Waals surface area contributed by atoms with Crippen LogP contribution >= 0.6 is 0 Å². The van der Waals surface area contributed by atoms with Crippen LogP contribution in [0.5, 0.6) is 0 Å². The molecule has 2 aromatic carbocycles. The van der Waals surface area contributed by atoms with Gasteiger partial charge < -0.3 is 11.1 Å². The van der Waals surface area contributed by atoms with Gasteiger partial charge in [0.15, 0.2) is 9.84 Å². The summed E-state index contributed by atoms with van der Waals surface area (Å²) < 4.78 is 23.1.